The van der Waals surface area contributed by atoms with Gasteiger partial charge in [-0.3, -0.25) is 4.68 Å². The molecule has 0 radical (unpaired) electrons. The molecule has 17 heavy (non-hydrogen) atoms. The van der Waals surface area contributed by atoms with Crippen LogP contribution in [-0.2, 0) is 6.54 Å². The molecule has 0 saturated carbocycles. The standard InChI is InChI=1S/C10H14N6S/c1-17-10-4-9(13-7-14-10)12-2-3-16-6-8(11)5-15-16/h4-7H,2-3,11H2,1H3,(H,12,13,14). The molecule has 90 valence electrons. The molecular formula is C10H14N6S. The van der Waals surface area contributed by atoms with Crippen molar-refractivity contribution in [1.82, 2.24) is 19.7 Å². The van der Waals surface area contributed by atoms with Gasteiger partial charge in [0, 0.05) is 18.8 Å². The number of aromatic nitrogens is 4. The van der Waals surface area contributed by atoms with Crippen LogP contribution >= 0.6 is 11.8 Å². The van der Waals surface area contributed by atoms with E-state index in [0.717, 1.165) is 23.9 Å². The maximum Gasteiger partial charge on any atom is 0.130 e. The van der Waals surface area contributed by atoms with Gasteiger partial charge in [0.05, 0.1) is 18.4 Å². The van der Waals surface area contributed by atoms with Gasteiger partial charge in [-0.05, 0) is 6.26 Å². The molecule has 7 heteroatoms. The zero-order chi connectivity index (χ0) is 12.1. The maximum absolute atomic E-state index is 5.57. The molecule has 0 atom stereocenters. The Bertz CT molecular complexity index is 483. The number of nitrogens with zero attached hydrogens (tertiary/aromatic N) is 4. The Labute approximate surface area is 104 Å². The largest absolute Gasteiger partial charge is 0.396 e. The van der Waals surface area contributed by atoms with Crippen molar-refractivity contribution in [2.24, 2.45) is 0 Å². The van der Waals surface area contributed by atoms with Gasteiger partial charge in [-0.25, -0.2) is 9.97 Å². The lowest BCUT2D eigenvalue weighted by atomic mass is 10.5. The summed E-state index contributed by atoms with van der Waals surface area (Å²) >= 11 is 1.59. The first-order chi connectivity index (χ1) is 8.28. The zero-order valence-electron chi connectivity index (χ0n) is 9.50. The highest BCUT2D eigenvalue weighted by molar-refractivity contribution is 7.98. The highest BCUT2D eigenvalue weighted by Gasteiger charge is 1.98. The van der Waals surface area contributed by atoms with E-state index in [1.165, 1.54) is 0 Å². The quantitative estimate of drug-likeness (QED) is 0.610. The number of rotatable bonds is 5. The van der Waals surface area contributed by atoms with Crippen molar-refractivity contribution in [2.45, 2.75) is 11.6 Å². The number of thioether (sulfide) groups is 1. The third-order valence-electron chi connectivity index (χ3n) is 2.15. The fourth-order valence-corrected chi connectivity index (χ4v) is 1.73. The first-order valence-corrected chi connectivity index (χ1v) is 6.38. The van der Waals surface area contributed by atoms with Gasteiger partial charge in [-0.1, -0.05) is 0 Å². The Morgan fingerprint density at radius 2 is 2.35 bits per heavy atom. The van der Waals surface area contributed by atoms with E-state index in [-0.39, 0.29) is 0 Å². The van der Waals surface area contributed by atoms with Crippen LogP contribution in [0.2, 0.25) is 0 Å². The normalized spacial score (nSPS) is 10.4. The molecule has 0 aliphatic heterocycles. The Balaban J connectivity index is 1.85. The Kier molecular flexibility index (Phi) is 3.81. The van der Waals surface area contributed by atoms with Gasteiger partial charge in [-0.2, -0.15) is 5.10 Å². The average molecular weight is 250 g/mol. The van der Waals surface area contributed by atoms with E-state index in [1.807, 2.05) is 12.3 Å². The number of hydrogen-bond donors (Lipinski definition) is 2. The summed E-state index contributed by atoms with van der Waals surface area (Å²) in [7, 11) is 0. The van der Waals surface area contributed by atoms with E-state index in [4.69, 9.17) is 5.73 Å². The molecule has 0 unspecified atom stereocenters. The maximum atomic E-state index is 5.57. The lowest BCUT2D eigenvalue weighted by Crippen LogP contribution is -2.11. The van der Waals surface area contributed by atoms with Crippen molar-refractivity contribution in [2.75, 3.05) is 23.9 Å². The molecule has 2 aromatic rings. The molecular weight excluding hydrogens is 236 g/mol. The molecule has 0 saturated heterocycles. The molecule has 6 nitrogen and oxygen atoms in total. The fourth-order valence-electron chi connectivity index (χ4n) is 1.35. The van der Waals surface area contributed by atoms with Crippen LogP contribution in [0.3, 0.4) is 0 Å². The van der Waals surface area contributed by atoms with Crippen molar-refractivity contribution in [3.8, 4) is 0 Å². The monoisotopic (exact) mass is 250 g/mol. The Morgan fingerprint density at radius 3 is 3.06 bits per heavy atom. The van der Waals surface area contributed by atoms with Crippen LogP contribution in [0.5, 0.6) is 0 Å². The summed E-state index contributed by atoms with van der Waals surface area (Å²) in [6, 6.07) is 1.92. The van der Waals surface area contributed by atoms with E-state index in [2.05, 4.69) is 20.4 Å². The number of nitrogens with two attached hydrogens (primary N) is 1. The third-order valence-corrected chi connectivity index (χ3v) is 2.79. The number of hydrogen-bond acceptors (Lipinski definition) is 6. The predicted octanol–water partition coefficient (Wildman–Crippen LogP) is 1.09. The highest BCUT2D eigenvalue weighted by Crippen LogP contribution is 2.13. The summed E-state index contributed by atoms with van der Waals surface area (Å²) < 4.78 is 1.79. The Morgan fingerprint density at radius 1 is 1.47 bits per heavy atom. The lowest BCUT2D eigenvalue weighted by Gasteiger charge is -2.06. The van der Waals surface area contributed by atoms with Crippen LogP contribution < -0.4 is 11.1 Å². The number of nitrogen functional groups attached to an aromatic ring is 1. The summed E-state index contributed by atoms with van der Waals surface area (Å²) in [5.74, 6) is 0.824. The van der Waals surface area contributed by atoms with Crippen molar-refractivity contribution < 1.29 is 0 Å². The van der Waals surface area contributed by atoms with Gasteiger partial charge in [0.25, 0.3) is 0 Å². The summed E-state index contributed by atoms with van der Waals surface area (Å²) in [6.07, 6.45) is 6.98. The highest BCUT2D eigenvalue weighted by atomic mass is 32.2. The summed E-state index contributed by atoms with van der Waals surface area (Å²) in [6.45, 7) is 1.49. The first kappa shape index (κ1) is 11.7. The number of anilines is 2. The van der Waals surface area contributed by atoms with Gasteiger partial charge in [0.1, 0.15) is 17.2 Å². The smallest absolute Gasteiger partial charge is 0.130 e. The Hall–Kier alpha value is -1.76. The molecule has 0 fully saturated rings. The minimum Gasteiger partial charge on any atom is -0.396 e. The van der Waals surface area contributed by atoms with Crippen LogP contribution in [-0.4, -0.2) is 32.5 Å². The molecule has 2 aromatic heterocycles. The molecule has 0 aromatic carbocycles. The van der Waals surface area contributed by atoms with Crippen LogP contribution in [0, 0.1) is 0 Å². The zero-order valence-corrected chi connectivity index (χ0v) is 10.3. The van der Waals surface area contributed by atoms with Crippen molar-refractivity contribution >= 4 is 23.3 Å². The van der Waals surface area contributed by atoms with Gasteiger partial charge in [0.15, 0.2) is 0 Å². The van der Waals surface area contributed by atoms with Crippen LogP contribution in [0.1, 0.15) is 0 Å². The molecule has 3 N–H and O–H groups in total. The predicted molar refractivity (Wildman–Crippen MR) is 68.9 cm³/mol. The molecule has 0 spiro atoms. The summed E-state index contributed by atoms with van der Waals surface area (Å²) in [5.41, 5.74) is 6.25. The minimum absolute atomic E-state index is 0.678. The van der Waals surface area contributed by atoms with Gasteiger partial charge >= 0.3 is 0 Å². The topological polar surface area (TPSA) is 81.7 Å². The molecule has 0 bridgehead atoms. The van der Waals surface area contributed by atoms with Crippen LogP contribution in [0.4, 0.5) is 11.5 Å². The first-order valence-electron chi connectivity index (χ1n) is 5.16. The third kappa shape index (κ3) is 3.35. The van der Waals surface area contributed by atoms with Crippen LogP contribution in [0.15, 0.2) is 29.8 Å². The molecule has 2 rings (SSSR count). The fraction of sp³-hybridized carbons (Fsp3) is 0.300. The van der Waals surface area contributed by atoms with Gasteiger partial charge in [0.2, 0.25) is 0 Å². The second kappa shape index (κ2) is 5.53. The van der Waals surface area contributed by atoms with Gasteiger partial charge in [-0.15, -0.1) is 11.8 Å². The molecule has 0 aliphatic carbocycles. The molecule has 0 amide bonds. The summed E-state index contributed by atoms with van der Waals surface area (Å²) in [5, 5.41) is 8.26. The lowest BCUT2D eigenvalue weighted by molar-refractivity contribution is 0.637. The molecule has 2 heterocycles. The molecule has 0 aliphatic rings. The van der Waals surface area contributed by atoms with E-state index < -0.39 is 0 Å². The average Bonchev–Trinajstić information content (AvgIpc) is 2.75. The van der Waals surface area contributed by atoms with E-state index in [0.29, 0.717) is 5.69 Å². The second-order valence-corrected chi connectivity index (χ2v) is 4.24. The van der Waals surface area contributed by atoms with Crippen molar-refractivity contribution in [3.05, 3.63) is 24.8 Å². The summed E-state index contributed by atoms with van der Waals surface area (Å²) in [4.78, 5) is 8.24. The van der Waals surface area contributed by atoms with Crippen molar-refractivity contribution in [1.29, 1.82) is 0 Å². The number of nitrogens with one attached hydrogen (secondary N) is 1. The van der Waals surface area contributed by atoms with E-state index in [9.17, 15) is 0 Å². The van der Waals surface area contributed by atoms with E-state index in [1.54, 1.807) is 35.2 Å². The second-order valence-electron chi connectivity index (χ2n) is 3.41. The SMILES string of the molecule is CSc1cc(NCCn2cc(N)cn2)ncn1. The van der Waals surface area contributed by atoms with Crippen molar-refractivity contribution in [3.63, 3.8) is 0 Å². The minimum atomic E-state index is 0.678. The van der Waals surface area contributed by atoms with Crippen LogP contribution in [0.25, 0.3) is 0 Å². The van der Waals surface area contributed by atoms with Gasteiger partial charge < -0.3 is 11.1 Å². The van der Waals surface area contributed by atoms with E-state index >= 15 is 0 Å².